The van der Waals surface area contributed by atoms with E-state index in [0.717, 1.165) is 42.0 Å². The quantitative estimate of drug-likeness (QED) is 0.231. The van der Waals surface area contributed by atoms with Gasteiger partial charge in [-0.05, 0) is 48.1 Å². The number of nitrogens with zero attached hydrogens (tertiary/aromatic N) is 2. The highest BCUT2D eigenvalue weighted by atomic mass is 35.5. The Morgan fingerprint density at radius 3 is 2.39 bits per heavy atom. The molecule has 2 heterocycles. The lowest BCUT2D eigenvalue weighted by Gasteiger charge is -2.29. The van der Waals surface area contributed by atoms with Crippen LogP contribution in [0.25, 0.3) is 10.8 Å². The van der Waals surface area contributed by atoms with Crippen molar-refractivity contribution >= 4 is 39.7 Å². The lowest BCUT2D eigenvalue weighted by atomic mass is 9.92. The van der Waals surface area contributed by atoms with Crippen molar-refractivity contribution in [2.75, 3.05) is 23.3 Å². The Kier molecular flexibility index (Phi) is 7.33. The third-order valence-corrected chi connectivity index (χ3v) is 7.36. The fraction of sp³-hybridized carbons (Fsp3) is 0.310. The Bertz CT molecular complexity index is 1540. The third kappa shape index (κ3) is 5.09. The summed E-state index contributed by atoms with van der Waals surface area (Å²) >= 11 is 6.16. The molecule has 1 aromatic heterocycles. The van der Waals surface area contributed by atoms with Crippen LogP contribution < -0.4 is 25.8 Å². The molecule has 0 bridgehead atoms. The van der Waals surface area contributed by atoms with E-state index >= 15 is 0 Å². The molecule has 0 spiro atoms. The summed E-state index contributed by atoms with van der Waals surface area (Å²) in [4.78, 5) is 43.3. The summed E-state index contributed by atoms with van der Waals surface area (Å²) in [6.45, 7) is 3.14. The maximum atomic E-state index is 12.4. The van der Waals surface area contributed by atoms with Gasteiger partial charge >= 0.3 is 5.97 Å². The molecule has 2 N–H and O–H groups in total. The summed E-state index contributed by atoms with van der Waals surface area (Å²) < 4.78 is 6.00. The van der Waals surface area contributed by atoms with Crippen LogP contribution in [0.1, 0.15) is 44.1 Å². The molecule has 2 unspecified atom stereocenters. The number of pyridine rings is 1. The molecule has 1 fully saturated rings. The van der Waals surface area contributed by atoms with Gasteiger partial charge in [-0.25, -0.2) is 9.78 Å². The van der Waals surface area contributed by atoms with Crippen LogP contribution in [-0.2, 0) is 4.79 Å². The second-order valence-corrected chi connectivity index (χ2v) is 10.1. The summed E-state index contributed by atoms with van der Waals surface area (Å²) in [5, 5.41) is 14.9. The number of carboxylic acids is 1. The molecular formula is C29H28ClN3O5. The molecule has 0 amide bonds. The van der Waals surface area contributed by atoms with Gasteiger partial charge in [0.1, 0.15) is 28.3 Å². The van der Waals surface area contributed by atoms with Gasteiger partial charge in [-0.2, -0.15) is 0 Å². The first kappa shape index (κ1) is 25.7. The normalized spacial score (nSPS) is 15.7. The van der Waals surface area contributed by atoms with Crippen LogP contribution in [0, 0.1) is 0 Å². The lowest BCUT2D eigenvalue weighted by Crippen LogP contribution is -2.46. The highest BCUT2D eigenvalue weighted by Crippen LogP contribution is 2.32. The van der Waals surface area contributed by atoms with Crippen molar-refractivity contribution in [1.29, 1.82) is 0 Å². The molecule has 1 aliphatic rings. The van der Waals surface area contributed by atoms with Gasteiger partial charge in [-0.3, -0.25) is 9.59 Å². The minimum Gasteiger partial charge on any atom is -0.480 e. The molecule has 4 aromatic rings. The van der Waals surface area contributed by atoms with Crippen LogP contribution in [-0.4, -0.2) is 35.2 Å². The van der Waals surface area contributed by atoms with E-state index in [1.54, 1.807) is 37.3 Å². The van der Waals surface area contributed by atoms with E-state index in [4.69, 9.17) is 16.3 Å². The number of aliphatic carboxylic acids is 1. The highest BCUT2D eigenvalue weighted by Gasteiger charge is 2.33. The molecule has 1 saturated heterocycles. The molecule has 0 saturated carbocycles. The maximum absolute atomic E-state index is 12.4. The third-order valence-electron chi connectivity index (χ3n) is 7.17. The summed E-state index contributed by atoms with van der Waals surface area (Å²) in [7, 11) is 0. The molecule has 0 radical (unpaired) electrons. The molecule has 8 nitrogen and oxygen atoms in total. The summed E-state index contributed by atoms with van der Waals surface area (Å²) in [5.74, 6) is -0.720. The number of nitrogens with one attached hydrogen (secondary N) is 1. The smallest absolute Gasteiger partial charge is 0.326 e. The van der Waals surface area contributed by atoms with Gasteiger partial charge < -0.3 is 20.1 Å². The first-order valence-corrected chi connectivity index (χ1v) is 13.1. The molecule has 0 aliphatic carbocycles. The zero-order chi connectivity index (χ0) is 26.8. The number of ether oxygens (including phenoxy) is 1. The Hall–Kier alpha value is -3.91. The van der Waals surface area contributed by atoms with E-state index in [1.807, 2.05) is 29.2 Å². The Morgan fingerprint density at radius 2 is 1.71 bits per heavy atom. The predicted octanol–water partition coefficient (Wildman–Crippen LogP) is 5.33. The van der Waals surface area contributed by atoms with Crippen molar-refractivity contribution in [3.8, 4) is 11.6 Å². The molecule has 2 atom stereocenters. The molecular weight excluding hydrogens is 506 g/mol. The van der Waals surface area contributed by atoms with Crippen molar-refractivity contribution in [3.63, 3.8) is 0 Å². The monoisotopic (exact) mass is 533 g/mol. The van der Waals surface area contributed by atoms with Crippen LogP contribution >= 0.6 is 11.6 Å². The largest absolute Gasteiger partial charge is 0.480 e. The van der Waals surface area contributed by atoms with Crippen LogP contribution in [0.15, 0.2) is 64.2 Å². The van der Waals surface area contributed by atoms with Gasteiger partial charge in [0.25, 0.3) is 10.9 Å². The topological polar surface area (TPSA) is 109 Å². The minimum atomic E-state index is -1.11. The zero-order valence-corrected chi connectivity index (χ0v) is 21.7. The number of aromatic nitrogens is 1. The Morgan fingerprint density at radius 1 is 1.03 bits per heavy atom. The number of carboxylic acid groups (broad SMARTS) is 1. The van der Waals surface area contributed by atoms with Crippen LogP contribution in [0.5, 0.6) is 11.6 Å². The minimum absolute atomic E-state index is 0.106. The van der Waals surface area contributed by atoms with Gasteiger partial charge in [0, 0.05) is 24.4 Å². The number of hydrogen-bond acceptors (Lipinski definition) is 7. The number of rotatable bonds is 8. The number of hydrogen-bond donors (Lipinski definition) is 2. The molecule has 196 valence electrons. The van der Waals surface area contributed by atoms with Gasteiger partial charge in [0.2, 0.25) is 5.88 Å². The van der Waals surface area contributed by atoms with E-state index < -0.39 is 28.8 Å². The van der Waals surface area contributed by atoms with Crippen molar-refractivity contribution in [2.45, 2.75) is 44.6 Å². The van der Waals surface area contributed by atoms with E-state index in [9.17, 15) is 19.5 Å². The zero-order valence-electron chi connectivity index (χ0n) is 20.9. The van der Waals surface area contributed by atoms with E-state index in [0.29, 0.717) is 35.6 Å². The maximum Gasteiger partial charge on any atom is 0.326 e. The van der Waals surface area contributed by atoms with E-state index in [1.165, 1.54) is 0 Å². The van der Waals surface area contributed by atoms with Gasteiger partial charge in [0.05, 0.1) is 0 Å². The lowest BCUT2D eigenvalue weighted by molar-refractivity contribution is -0.138. The van der Waals surface area contributed by atoms with E-state index in [-0.39, 0.29) is 5.69 Å². The Labute approximate surface area is 224 Å². The number of fused-ring (bicyclic) bond motifs is 1. The molecule has 3 aromatic carbocycles. The summed E-state index contributed by atoms with van der Waals surface area (Å²) in [6.07, 6.45) is 4.03. The van der Waals surface area contributed by atoms with Gasteiger partial charge in [0.15, 0.2) is 0 Å². The average Bonchev–Trinajstić information content (AvgIpc) is 3.19. The van der Waals surface area contributed by atoms with Crippen LogP contribution in [0.2, 0.25) is 5.15 Å². The van der Waals surface area contributed by atoms with Gasteiger partial charge in [-0.1, -0.05) is 61.7 Å². The van der Waals surface area contributed by atoms with Gasteiger partial charge in [-0.15, -0.1) is 0 Å². The SMILES string of the molecule is CC(c1ccc(Oc2nc(Cl)cc3ccccc23)cc1)C(Nc1c(N2CCCCCC2)c(=O)c1=O)C(=O)O. The summed E-state index contributed by atoms with van der Waals surface area (Å²) in [5.41, 5.74) is -0.0472. The van der Waals surface area contributed by atoms with Crippen molar-refractivity contribution < 1.29 is 14.6 Å². The highest BCUT2D eigenvalue weighted by molar-refractivity contribution is 6.30. The second-order valence-electron chi connectivity index (χ2n) is 9.67. The molecule has 5 rings (SSSR count). The van der Waals surface area contributed by atoms with E-state index in [2.05, 4.69) is 10.3 Å². The van der Waals surface area contributed by atoms with Crippen LogP contribution in [0.3, 0.4) is 0 Å². The molecule has 9 heteroatoms. The molecule has 38 heavy (non-hydrogen) atoms. The Balaban J connectivity index is 1.35. The van der Waals surface area contributed by atoms with Crippen LogP contribution in [0.4, 0.5) is 11.4 Å². The van der Waals surface area contributed by atoms with Crippen molar-refractivity contribution in [2.24, 2.45) is 0 Å². The number of anilines is 2. The number of carbonyl (C=O) groups is 1. The molecule has 1 aliphatic heterocycles. The predicted molar refractivity (Wildman–Crippen MR) is 149 cm³/mol. The second kappa shape index (κ2) is 10.8. The van der Waals surface area contributed by atoms with Crippen molar-refractivity contribution in [1.82, 2.24) is 4.98 Å². The standard InChI is InChI=1S/C29H28ClN3O5/c1-17(23(29(36)37)32-24-25(27(35)26(24)34)33-14-6-2-3-7-15-33)18-10-12-20(13-11-18)38-28-21-9-5-4-8-19(21)16-22(30)31-28/h4-5,8-13,16-17,23,32H,2-3,6-7,14-15H2,1H3,(H,36,37). The number of halogens is 1. The van der Waals surface area contributed by atoms with Crippen molar-refractivity contribution in [3.05, 3.63) is 85.8 Å². The fourth-order valence-electron chi connectivity index (χ4n) is 5.02. The number of benzene rings is 2. The fourth-order valence-corrected chi connectivity index (χ4v) is 5.22. The average molecular weight is 534 g/mol. The first-order valence-electron chi connectivity index (χ1n) is 12.7. The summed E-state index contributed by atoms with van der Waals surface area (Å²) in [6, 6.07) is 15.3. The first-order chi connectivity index (χ1) is 18.3.